The fourth-order valence-electron chi connectivity index (χ4n) is 3.03. The standard InChI is InChI=1S/C23H20N2O4/c1-14-4-10-18-20(12-14)29-23(25-18)15-5-8-17(9-6-15)24-22(26)16-7-11-19(27-2)21(13-16)28-3/h4-13H,1-3H3,(H,24,26). The summed E-state index contributed by atoms with van der Waals surface area (Å²) in [6, 6.07) is 18.3. The highest BCUT2D eigenvalue weighted by Crippen LogP contribution is 2.29. The minimum absolute atomic E-state index is 0.240. The molecule has 1 heterocycles. The molecule has 0 aliphatic carbocycles. The summed E-state index contributed by atoms with van der Waals surface area (Å²) in [5, 5.41) is 2.87. The number of fused-ring (bicyclic) bond motifs is 1. The highest BCUT2D eigenvalue weighted by Gasteiger charge is 2.12. The van der Waals surface area contributed by atoms with E-state index in [1.54, 1.807) is 25.3 Å². The number of amides is 1. The SMILES string of the molecule is COc1ccc(C(=O)Nc2ccc(-c3nc4ccc(C)cc4o3)cc2)cc1OC. The van der Waals surface area contributed by atoms with Gasteiger partial charge in [0.2, 0.25) is 5.89 Å². The molecule has 6 nitrogen and oxygen atoms in total. The quantitative estimate of drug-likeness (QED) is 0.516. The summed E-state index contributed by atoms with van der Waals surface area (Å²) in [6.07, 6.45) is 0. The molecule has 0 fully saturated rings. The zero-order chi connectivity index (χ0) is 20.4. The van der Waals surface area contributed by atoms with Crippen LogP contribution in [0.25, 0.3) is 22.6 Å². The Bertz CT molecular complexity index is 1180. The molecule has 1 N–H and O–H groups in total. The molecular formula is C23H20N2O4. The van der Waals surface area contributed by atoms with E-state index in [0.29, 0.717) is 28.6 Å². The Labute approximate surface area is 168 Å². The third-order valence-electron chi connectivity index (χ3n) is 4.58. The molecule has 3 aromatic carbocycles. The van der Waals surface area contributed by atoms with Gasteiger partial charge < -0.3 is 19.2 Å². The second-order valence-electron chi connectivity index (χ2n) is 6.59. The van der Waals surface area contributed by atoms with Gasteiger partial charge >= 0.3 is 0 Å². The largest absolute Gasteiger partial charge is 0.493 e. The number of hydrogen-bond acceptors (Lipinski definition) is 5. The number of benzene rings is 3. The Morgan fingerprint density at radius 3 is 2.41 bits per heavy atom. The molecule has 146 valence electrons. The van der Waals surface area contributed by atoms with Crippen LogP contribution in [0.4, 0.5) is 5.69 Å². The Morgan fingerprint density at radius 1 is 0.931 bits per heavy atom. The molecular weight excluding hydrogens is 368 g/mol. The van der Waals surface area contributed by atoms with Crippen LogP contribution in [0, 0.1) is 6.92 Å². The van der Waals surface area contributed by atoms with Gasteiger partial charge in [-0.3, -0.25) is 4.79 Å². The van der Waals surface area contributed by atoms with Gasteiger partial charge in [-0.15, -0.1) is 0 Å². The Balaban J connectivity index is 1.52. The molecule has 4 rings (SSSR count). The molecule has 4 aromatic rings. The first-order chi connectivity index (χ1) is 14.1. The second-order valence-corrected chi connectivity index (χ2v) is 6.59. The van der Waals surface area contributed by atoms with Crippen molar-refractivity contribution in [3.8, 4) is 23.0 Å². The number of nitrogens with one attached hydrogen (secondary N) is 1. The van der Waals surface area contributed by atoms with Crippen LogP contribution in [0.5, 0.6) is 11.5 Å². The molecule has 29 heavy (non-hydrogen) atoms. The van der Waals surface area contributed by atoms with Crippen molar-refractivity contribution in [2.45, 2.75) is 6.92 Å². The average Bonchev–Trinajstić information content (AvgIpc) is 3.16. The third-order valence-corrected chi connectivity index (χ3v) is 4.58. The van der Waals surface area contributed by atoms with Gasteiger partial charge in [0, 0.05) is 16.8 Å². The molecule has 0 spiro atoms. The van der Waals surface area contributed by atoms with E-state index < -0.39 is 0 Å². The van der Waals surface area contributed by atoms with E-state index >= 15 is 0 Å². The van der Waals surface area contributed by atoms with Gasteiger partial charge in [0.1, 0.15) is 5.52 Å². The van der Waals surface area contributed by atoms with Crippen LogP contribution in [-0.2, 0) is 0 Å². The number of methoxy groups -OCH3 is 2. The Kier molecular flexibility index (Phi) is 4.91. The van der Waals surface area contributed by atoms with Crippen molar-refractivity contribution >= 4 is 22.7 Å². The van der Waals surface area contributed by atoms with E-state index in [2.05, 4.69) is 10.3 Å². The summed E-state index contributed by atoms with van der Waals surface area (Å²) in [5.74, 6) is 1.38. The van der Waals surface area contributed by atoms with E-state index in [1.807, 2.05) is 49.4 Å². The van der Waals surface area contributed by atoms with Crippen LogP contribution < -0.4 is 14.8 Å². The lowest BCUT2D eigenvalue weighted by Crippen LogP contribution is -2.12. The lowest BCUT2D eigenvalue weighted by Gasteiger charge is -2.10. The van der Waals surface area contributed by atoms with E-state index in [9.17, 15) is 4.79 Å². The zero-order valence-corrected chi connectivity index (χ0v) is 16.4. The monoisotopic (exact) mass is 388 g/mol. The van der Waals surface area contributed by atoms with Gasteiger partial charge in [-0.05, 0) is 67.1 Å². The van der Waals surface area contributed by atoms with Gasteiger partial charge in [0.25, 0.3) is 5.91 Å². The van der Waals surface area contributed by atoms with Crippen molar-refractivity contribution in [2.75, 3.05) is 19.5 Å². The normalized spacial score (nSPS) is 10.7. The van der Waals surface area contributed by atoms with Crippen molar-refractivity contribution in [1.29, 1.82) is 0 Å². The van der Waals surface area contributed by atoms with E-state index in [1.165, 1.54) is 7.11 Å². The van der Waals surface area contributed by atoms with Crippen molar-refractivity contribution in [3.63, 3.8) is 0 Å². The summed E-state index contributed by atoms with van der Waals surface area (Å²) in [5.41, 5.74) is 4.67. The van der Waals surface area contributed by atoms with E-state index in [4.69, 9.17) is 13.9 Å². The van der Waals surface area contributed by atoms with Gasteiger partial charge in [0.05, 0.1) is 14.2 Å². The molecule has 6 heteroatoms. The molecule has 0 atom stereocenters. The number of aromatic nitrogens is 1. The number of oxazole rings is 1. The zero-order valence-electron chi connectivity index (χ0n) is 16.4. The second kappa shape index (κ2) is 7.67. The van der Waals surface area contributed by atoms with Crippen LogP contribution >= 0.6 is 0 Å². The van der Waals surface area contributed by atoms with Crippen LogP contribution in [0.2, 0.25) is 0 Å². The molecule has 1 aromatic heterocycles. The molecule has 0 radical (unpaired) electrons. The number of aryl methyl sites for hydroxylation is 1. The predicted molar refractivity (Wildman–Crippen MR) is 112 cm³/mol. The van der Waals surface area contributed by atoms with Gasteiger partial charge in [-0.1, -0.05) is 6.07 Å². The minimum Gasteiger partial charge on any atom is -0.493 e. The maximum absolute atomic E-state index is 12.5. The molecule has 1 amide bonds. The first-order valence-corrected chi connectivity index (χ1v) is 9.08. The fraction of sp³-hybridized carbons (Fsp3) is 0.130. The smallest absolute Gasteiger partial charge is 0.255 e. The van der Waals surface area contributed by atoms with E-state index in [0.717, 1.165) is 22.2 Å². The highest BCUT2D eigenvalue weighted by atomic mass is 16.5. The molecule has 0 bridgehead atoms. The Hall–Kier alpha value is -3.80. The van der Waals surface area contributed by atoms with Crippen molar-refractivity contribution in [3.05, 3.63) is 71.8 Å². The number of carbonyl (C=O) groups excluding carboxylic acids is 1. The predicted octanol–water partition coefficient (Wildman–Crippen LogP) is 5.07. The number of hydrogen-bond donors (Lipinski definition) is 1. The summed E-state index contributed by atoms with van der Waals surface area (Å²) in [4.78, 5) is 17.1. The number of rotatable bonds is 5. The van der Waals surface area contributed by atoms with Crippen molar-refractivity contribution in [2.24, 2.45) is 0 Å². The summed E-state index contributed by atoms with van der Waals surface area (Å²) < 4.78 is 16.3. The molecule has 0 aliphatic rings. The minimum atomic E-state index is -0.240. The first-order valence-electron chi connectivity index (χ1n) is 9.08. The van der Waals surface area contributed by atoms with Crippen molar-refractivity contribution in [1.82, 2.24) is 4.98 Å². The highest BCUT2D eigenvalue weighted by molar-refractivity contribution is 6.04. The number of anilines is 1. The van der Waals surface area contributed by atoms with Crippen LogP contribution in [-0.4, -0.2) is 25.1 Å². The Morgan fingerprint density at radius 2 is 1.69 bits per heavy atom. The van der Waals surface area contributed by atoms with Crippen LogP contribution in [0.3, 0.4) is 0 Å². The fourth-order valence-corrected chi connectivity index (χ4v) is 3.03. The van der Waals surface area contributed by atoms with Gasteiger partial charge in [0.15, 0.2) is 17.1 Å². The summed E-state index contributed by atoms with van der Waals surface area (Å²) in [6.45, 7) is 2.01. The molecule has 0 aliphatic heterocycles. The molecule has 0 saturated heterocycles. The maximum atomic E-state index is 12.5. The maximum Gasteiger partial charge on any atom is 0.255 e. The van der Waals surface area contributed by atoms with Crippen LogP contribution in [0.1, 0.15) is 15.9 Å². The number of nitrogens with zero attached hydrogens (tertiary/aromatic N) is 1. The summed E-state index contributed by atoms with van der Waals surface area (Å²) >= 11 is 0. The summed E-state index contributed by atoms with van der Waals surface area (Å²) in [7, 11) is 3.09. The third kappa shape index (κ3) is 3.78. The van der Waals surface area contributed by atoms with E-state index in [-0.39, 0.29) is 5.91 Å². The number of ether oxygens (including phenoxy) is 2. The average molecular weight is 388 g/mol. The lowest BCUT2D eigenvalue weighted by atomic mass is 10.1. The van der Waals surface area contributed by atoms with Crippen LogP contribution in [0.15, 0.2) is 65.1 Å². The molecule has 0 unspecified atom stereocenters. The topological polar surface area (TPSA) is 73.6 Å². The first kappa shape index (κ1) is 18.6. The van der Waals surface area contributed by atoms with Gasteiger partial charge in [-0.2, -0.15) is 0 Å². The number of carbonyl (C=O) groups is 1. The van der Waals surface area contributed by atoms with Gasteiger partial charge in [-0.25, -0.2) is 4.98 Å². The molecule has 0 saturated carbocycles. The van der Waals surface area contributed by atoms with Crippen molar-refractivity contribution < 1.29 is 18.7 Å². The lowest BCUT2D eigenvalue weighted by molar-refractivity contribution is 0.102.